The number of carbonyl (C=O) groups is 2. The highest BCUT2D eigenvalue weighted by molar-refractivity contribution is 5.93. The lowest BCUT2D eigenvalue weighted by Crippen LogP contribution is -2.47. The molecular formula is C23H30F2N2O2. The summed E-state index contributed by atoms with van der Waals surface area (Å²) in [6.07, 6.45) is 12.3. The van der Waals surface area contributed by atoms with Gasteiger partial charge in [0.1, 0.15) is 17.7 Å². The maximum Gasteiger partial charge on any atom is 0.244 e. The van der Waals surface area contributed by atoms with Crippen LogP contribution in [0, 0.1) is 29.9 Å². The highest BCUT2D eigenvalue weighted by Crippen LogP contribution is 2.11. The summed E-state index contributed by atoms with van der Waals surface area (Å²) >= 11 is 0. The van der Waals surface area contributed by atoms with Crippen molar-refractivity contribution in [1.82, 2.24) is 10.6 Å². The lowest BCUT2D eigenvalue weighted by molar-refractivity contribution is -0.127. The fraction of sp³-hybridized carbons (Fsp3) is 0.478. The Morgan fingerprint density at radius 2 is 1.86 bits per heavy atom. The van der Waals surface area contributed by atoms with E-state index in [4.69, 9.17) is 6.42 Å². The lowest BCUT2D eigenvalue weighted by atomic mass is 10.0. The molecular weight excluding hydrogens is 374 g/mol. The summed E-state index contributed by atoms with van der Waals surface area (Å²) in [5, 5.41) is 5.32. The van der Waals surface area contributed by atoms with Crippen molar-refractivity contribution in [2.24, 2.45) is 5.92 Å². The van der Waals surface area contributed by atoms with Gasteiger partial charge in [0.05, 0.1) is 0 Å². The molecule has 0 spiro atoms. The van der Waals surface area contributed by atoms with Crippen LogP contribution in [0.2, 0.25) is 0 Å². The molecule has 1 rings (SSSR count). The molecule has 1 unspecified atom stereocenters. The molecule has 1 atom stereocenters. The number of hydrogen-bond acceptors (Lipinski definition) is 2. The quantitative estimate of drug-likeness (QED) is 0.315. The van der Waals surface area contributed by atoms with Crippen molar-refractivity contribution >= 4 is 11.8 Å². The van der Waals surface area contributed by atoms with Crippen molar-refractivity contribution in [2.75, 3.05) is 6.54 Å². The zero-order chi connectivity index (χ0) is 21.6. The third-order valence-corrected chi connectivity index (χ3v) is 4.21. The number of amides is 2. The zero-order valence-corrected chi connectivity index (χ0v) is 17.1. The molecule has 29 heavy (non-hydrogen) atoms. The van der Waals surface area contributed by atoms with E-state index in [1.807, 2.05) is 0 Å². The van der Waals surface area contributed by atoms with E-state index in [1.54, 1.807) is 6.08 Å². The van der Waals surface area contributed by atoms with Crippen LogP contribution >= 0.6 is 0 Å². The van der Waals surface area contributed by atoms with Gasteiger partial charge in [-0.1, -0.05) is 26.3 Å². The normalized spacial score (nSPS) is 12.0. The van der Waals surface area contributed by atoms with Crippen molar-refractivity contribution in [3.05, 3.63) is 47.5 Å². The van der Waals surface area contributed by atoms with Crippen LogP contribution in [0.5, 0.6) is 0 Å². The van der Waals surface area contributed by atoms with Gasteiger partial charge in [-0.05, 0) is 49.0 Å². The maximum atomic E-state index is 13.5. The van der Waals surface area contributed by atoms with Crippen LogP contribution in [0.25, 0.3) is 0 Å². The molecule has 0 saturated carbocycles. The van der Waals surface area contributed by atoms with Crippen LogP contribution in [0.1, 0.15) is 51.5 Å². The second kappa shape index (κ2) is 13.5. The molecule has 0 aliphatic carbocycles. The van der Waals surface area contributed by atoms with E-state index in [0.717, 1.165) is 37.5 Å². The number of nitrogens with one attached hydrogen (secondary N) is 2. The number of rotatable bonds is 12. The molecule has 1 aromatic carbocycles. The molecule has 6 heteroatoms. The van der Waals surface area contributed by atoms with E-state index in [1.165, 1.54) is 6.08 Å². The summed E-state index contributed by atoms with van der Waals surface area (Å²) in [6, 6.07) is 2.11. The Morgan fingerprint density at radius 3 is 2.48 bits per heavy atom. The van der Waals surface area contributed by atoms with Gasteiger partial charge in [0.2, 0.25) is 11.8 Å². The number of allylic oxidation sites excluding steroid dienone is 1. The molecule has 0 aliphatic heterocycles. The number of carbonyl (C=O) groups excluding carboxylic acids is 2. The first-order chi connectivity index (χ1) is 13.8. The van der Waals surface area contributed by atoms with Crippen LogP contribution in [-0.2, 0) is 16.0 Å². The van der Waals surface area contributed by atoms with Crippen LogP contribution in [0.4, 0.5) is 8.78 Å². The fourth-order valence-electron chi connectivity index (χ4n) is 2.75. The summed E-state index contributed by atoms with van der Waals surface area (Å²) in [5.74, 6) is 0.777. The largest absolute Gasteiger partial charge is 0.354 e. The van der Waals surface area contributed by atoms with Crippen LogP contribution in [-0.4, -0.2) is 24.4 Å². The van der Waals surface area contributed by atoms with Crippen molar-refractivity contribution in [3.8, 4) is 12.3 Å². The van der Waals surface area contributed by atoms with Crippen LogP contribution < -0.4 is 10.6 Å². The van der Waals surface area contributed by atoms with E-state index >= 15 is 0 Å². The van der Waals surface area contributed by atoms with Gasteiger partial charge in [0.25, 0.3) is 0 Å². The van der Waals surface area contributed by atoms with Gasteiger partial charge in [-0.3, -0.25) is 9.59 Å². The van der Waals surface area contributed by atoms with Gasteiger partial charge in [-0.15, -0.1) is 12.3 Å². The van der Waals surface area contributed by atoms with E-state index in [2.05, 4.69) is 30.4 Å². The smallest absolute Gasteiger partial charge is 0.244 e. The lowest BCUT2D eigenvalue weighted by Gasteiger charge is -2.18. The van der Waals surface area contributed by atoms with Crippen molar-refractivity contribution in [1.29, 1.82) is 0 Å². The molecule has 2 N–H and O–H groups in total. The summed E-state index contributed by atoms with van der Waals surface area (Å²) in [7, 11) is 0. The molecule has 0 saturated heterocycles. The highest BCUT2D eigenvalue weighted by Gasteiger charge is 2.20. The van der Waals surface area contributed by atoms with E-state index in [9.17, 15) is 18.4 Å². The van der Waals surface area contributed by atoms with Gasteiger partial charge in [-0.25, -0.2) is 8.78 Å². The Hall–Kier alpha value is -2.68. The summed E-state index contributed by atoms with van der Waals surface area (Å²) in [4.78, 5) is 24.7. The van der Waals surface area contributed by atoms with Gasteiger partial charge in [0.15, 0.2) is 0 Å². The minimum atomic E-state index is -0.949. The SMILES string of the molecule is C#CCCCNC(=O)C(Cc1cc(F)cc(F)c1)NC(=O)/C=C/CCCC(C)C. The molecule has 0 fully saturated rings. The monoisotopic (exact) mass is 404 g/mol. The summed E-state index contributed by atoms with van der Waals surface area (Å²) in [5.41, 5.74) is 0.285. The van der Waals surface area contributed by atoms with Crippen LogP contribution in [0.15, 0.2) is 30.4 Å². The molecule has 0 aliphatic rings. The van der Waals surface area contributed by atoms with Crippen molar-refractivity contribution < 1.29 is 18.4 Å². The zero-order valence-electron chi connectivity index (χ0n) is 17.1. The second-order valence-corrected chi connectivity index (χ2v) is 7.37. The number of benzene rings is 1. The molecule has 2 amide bonds. The maximum absolute atomic E-state index is 13.5. The molecule has 4 nitrogen and oxygen atoms in total. The first-order valence-electron chi connectivity index (χ1n) is 9.95. The second-order valence-electron chi connectivity index (χ2n) is 7.37. The third kappa shape index (κ3) is 11.0. The van der Waals surface area contributed by atoms with Gasteiger partial charge in [-0.2, -0.15) is 0 Å². The Kier molecular flexibility index (Phi) is 11.3. The standard InChI is InChI=1S/C23H30F2N2O2/c1-4-5-9-12-26-23(29)21(15-18-13-19(24)16-20(25)14-18)27-22(28)11-8-6-7-10-17(2)3/h1,8,11,13-14,16-17,21H,5-7,9-10,12,15H2,2-3H3,(H,26,29)(H,27,28)/b11-8+. The fourth-order valence-corrected chi connectivity index (χ4v) is 2.75. The predicted molar refractivity (Wildman–Crippen MR) is 111 cm³/mol. The van der Waals surface area contributed by atoms with Gasteiger partial charge in [0, 0.05) is 25.5 Å². The van der Waals surface area contributed by atoms with Gasteiger partial charge < -0.3 is 10.6 Å². The molecule has 0 aromatic heterocycles. The highest BCUT2D eigenvalue weighted by atomic mass is 19.1. The molecule has 0 heterocycles. The number of hydrogen-bond donors (Lipinski definition) is 2. The Morgan fingerprint density at radius 1 is 1.17 bits per heavy atom. The number of terminal acetylenes is 1. The first-order valence-corrected chi connectivity index (χ1v) is 9.95. The van der Waals surface area contributed by atoms with E-state index in [-0.39, 0.29) is 12.0 Å². The Balaban J connectivity index is 2.73. The topological polar surface area (TPSA) is 58.2 Å². The van der Waals surface area contributed by atoms with E-state index < -0.39 is 29.5 Å². The van der Waals surface area contributed by atoms with E-state index in [0.29, 0.717) is 25.3 Å². The third-order valence-electron chi connectivity index (χ3n) is 4.21. The van der Waals surface area contributed by atoms with Crippen molar-refractivity contribution in [2.45, 2.75) is 58.4 Å². The Bertz CT molecular complexity index is 719. The first kappa shape index (κ1) is 24.4. The molecule has 1 aromatic rings. The summed E-state index contributed by atoms with van der Waals surface area (Å²) in [6.45, 7) is 4.63. The number of halogens is 2. The van der Waals surface area contributed by atoms with Gasteiger partial charge >= 0.3 is 0 Å². The number of unbranched alkanes of at least 4 members (excludes halogenated alkanes) is 2. The minimum Gasteiger partial charge on any atom is -0.354 e. The van der Waals surface area contributed by atoms with Crippen molar-refractivity contribution in [3.63, 3.8) is 0 Å². The minimum absolute atomic E-state index is 0.0252. The molecule has 0 bridgehead atoms. The Labute approximate surface area is 172 Å². The molecule has 0 radical (unpaired) electrons. The molecule has 158 valence electrons. The van der Waals surface area contributed by atoms with Crippen LogP contribution in [0.3, 0.4) is 0 Å². The predicted octanol–water partition coefficient (Wildman–Crippen LogP) is 3.90. The average molecular weight is 405 g/mol. The average Bonchev–Trinajstić information content (AvgIpc) is 2.63. The summed E-state index contributed by atoms with van der Waals surface area (Å²) < 4.78 is 26.9.